The Balaban J connectivity index is 2.55. The van der Waals surface area contributed by atoms with Crippen molar-refractivity contribution >= 4 is 5.96 Å². The van der Waals surface area contributed by atoms with Crippen LogP contribution in [-0.4, -0.2) is 12.5 Å². The van der Waals surface area contributed by atoms with Crippen LogP contribution < -0.4 is 16.6 Å². The van der Waals surface area contributed by atoms with Crippen molar-refractivity contribution in [3.05, 3.63) is 24.2 Å². The number of nitrogens with two attached hydrogens (primary N) is 1. The van der Waals surface area contributed by atoms with Crippen molar-refractivity contribution in [2.24, 2.45) is 10.8 Å². The van der Waals surface area contributed by atoms with Crippen LogP contribution in [0.15, 0.2) is 27.8 Å². The molecule has 5 nitrogen and oxygen atoms in total. The molecule has 1 aromatic rings. The highest BCUT2D eigenvalue weighted by Gasteiger charge is 2.08. The maximum atomic E-state index is 5.29. The molecular weight excluding hydrogens is 180 g/mol. The fourth-order valence-corrected chi connectivity index (χ4v) is 1.10. The van der Waals surface area contributed by atoms with Crippen LogP contribution in [0.25, 0.3) is 0 Å². The van der Waals surface area contributed by atoms with Gasteiger partial charge >= 0.3 is 0 Å². The third-order valence-corrected chi connectivity index (χ3v) is 1.78. The van der Waals surface area contributed by atoms with Gasteiger partial charge in [0.25, 0.3) is 0 Å². The first kappa shape index (κ1) is 10.6. The normalized spacial score (nSPS) is 13.8. The Morgan fingerprint density at radius 2 is 2.50 bits per heavy atom. The highest BCUT2D eigenvalue weighted by molar-refractivity contribution is 5.79. The molecule has 0 saturated heterocycles. The Kier molecular flexibility index (Phi) is 4.00. The van der Waals surface area contributed by atoms with Gasteiger partial charge in [-0.3, -0.25) is 10.4 Å². The lowest BCUT2D eigenvalue weighted by Crippen LogP contribution is -2.42. The Morgan fingerprint density at radius 1 is 1.71 bits per heavy atom. The molecule has 1 heterocycles. The predicted molar refractivity (Wildman–Crippen MR) is 55.6 cm³/mol. The molecule has 1 unspecified atom stereocenters. The molecule has 0 radical (unpaired) electrons. The molecule has 0 spiro atoms. The van der Waals surface area contributed by atoms with Crippen LogP contribution in [0.3, 0.4) is 0 Å². The number of hydrazine groups is 1. The van der Waals surface area contributed by atoms with Crippen molar-refractivity contribution in [2.75, 3.05) is 6.54 Å². The van der Waals surface area contributed by atoms with Gasteiger partial charge in [-0.2, -0.15) is 0 Å². The van der Waals surface area contributed by atoms with Crippen molar-refractivity contribution < 1.29 is 4.42 Å². The lowest BCUT2D eigenvalue weighted by atomic mass is 10.2. The summed E-state index contributed by atoms with van der Waals surface area (Å²) in [5, 5.41) is 3.09. The Bertz CT molecular complexity index is 281. The summed E-state index contributed by atoms with van der Waals surface area (Å²) in [5.41, 5.74) is 2.49. The lowest BCUT2D eigenvalue weighted by molar-refractivity contribution is 0.460. The Morgan fingerprint density at radius 3 is 3.00 bits per heavy atom. The lowest BCUT2D eigenvalue weighted by Gasteiger charge is -2.13. The summed E-state index contributed by atoms with van der Waals surface area (Å²) in [6.45, 7) is 4.59. The van der Waals surface area contributed by atoms with Gasteiger partial charge in [0.15, 0.2) is 0 Å². The Labute approximate surface area is 83.4 Å². The standard InChI is InChI=1S/C9H16N4O/c1-3-11-9(13-10)12-7(2)8-5-4-6-14-8/h4-7H,3,10H2,1-2H3,(H2,11,12,13). The van der Waals surface area contributed by atoms with E-state index in [9.17, 15) is 0 Å². The SMILES string of the molecule is CCN=C(NN)NC(C)c1ccco1. The fourth-order valence-electron chi connectivity index (χ4n) is 1.10. The quantitative estimate of drug-likeness (QED) is 0.289. The van der Waals surface area contributed by atoms with E-state index in [2.05, 4.69) is 15.7 Å². The van der Waals surface area contributed by atoms with Crippen LogP contribution in [0.2, 0.25) is 0 Å². The van der Waals surface area contributed by atoms with Gasteiger partial charge in [-0.05, 0) is 26.0 Å². The molecule has 4 N–H and O–H groups in total. The summed E-state index contributed by atoms with van der Waals surface area (Å²) in [6, 6.07) is 3.80. The smallest absolute Gasteiger partial charge is 0.206 e. The number of hydrogen-bond donors (Lipinski definition) is 3. The minimum absolute atomic E-state index is 0.0475. The maximum Gasteiger partial charge on any atom is 0.206 e. The largest absolute Gasteiger partial charge is 0.467 e. The molecule has 1 aromatic heterocycles. The molecule has 5 heteroatoms. The topological polar surface area (TPSA) is 75.6 Å². The molecule has 0 aromatic carbocycles. The van der Waals surface area contributed by atoms with Crippen molar-refractivity contribution in [3.63, 3.8) is 0 Å². The molecule has 0 amide bonds. The van der Waals surface area contributed by atoms with Crippen LogP contribution in [0, 0.1) is 0 Å². The third-order valence-electron chi connectivity index (χ3n) is 1.78. The van der Waals surface area contributed by atoms with Gasteiger partial charge in [0, 0.05) is 6.54 Å². The van der Waals surface area contributed by atoms with Gasteiger partial charge in [0.1, 0.15) is 5.76 Å². The predicted octanol–water partition coefficient (Wildman–Crippen LogP) is 0.769. The minimum Gasteiger partial charge on any atom is -0.467 e. The van der Waals surface area contributed by atoms with E-state index in [0.717, 1.165) is 5.76 Å². The van der Waals surface area contributed by atoms with Gasteiger partial charge in [-0.15, -0.1) is 0 Å². The van der Waals surface area contributed by atoms with E-state index >= 15 is 0 Å². The van der Waals surface area contributed by atoms with Crippen LogP contribution >= 0.6 is 0 Å². The number of furan rings is 1. The summed E-state index contributed by atoms with van der Waals surface area (Å²) < 4.78 is 5.23. The average Bonchev–Trinajstić information content (AvgIpc) is 2.69. The van der Waals surface area contributed by atoms with E-state index in [-0.39, 0.29) is 6.04 Å². The number of nitrogens with zero attached hydrogens (tertiary/aromatic N) is 1. The second-order valence-electron chi connectivity index (χ2n) is 2.85. The first-order chi connectivity index (χ1) is 6.77. The molecule has 1 rings (SSSR count). The van der Waals surface area contributed by atoms with E-state index in [0.29, 0.717) is 12.5 Å². The Hall–Kier alpha value is -1.49. The fraction of sp³-hybridized carbons (Fsp3) is 0.444. The minimum atomic E-state index is 0.0475. The van der Waals surface area contributed by atoms with Crippen LogP contribution in [0.1, 0.15) is 25.6 Å². The van der Waals surface area contributed by atoms with Crippen molar-refractivity contribution in [2.45, 2.75) is 19.9 Å². The molecule has 0 aliphatic heterocycles. The number of aliphatic imine (C=N–C) groups is 1. The molecule has 0 aliphatic rings. The number of rotatable bonds is 3. The van der Waals surface area contributed by atoms with Crippen LogP contribution in [0.4, 0.5) is 0 Å². The van der Waals surface area contributed by atoms with Crippen molar-refractivity contribution in [3.8, 4) is 0 Å². The monoisotopic (exact) mass is 196 g/mol. The van der Waals surface area contributed by atoms with Crippen LogP contribution in [0.5, 0.6) is 0 Å². The van der Waals surface area contributed by atoms with Crippen molar-refractivity contribution in [1.82, 2.24) is 10.7 Å². The van der Waals surface area contributed by atoms with Crippen LogP contribution in [-0.2, 0) is 0 Å². The summed E-state index contributed by atoms with van der Waals surface area (Å²) >= 11 is 0. The molecule has 1 atom stereocenters. The van der Waals surface area contributed by atoms with Gasteiger partial charge in [-0.1, -0.05) is 0 Å². The molecule has 0 fully saturated rings. The highest BCUT2D eigenvalue weighted by atomic mass is 16.3. The first-order valence-corrected chi connectivity index (χ1v) is 4.59. The molecule has 14 heavy (non-hydrogen) atoms. The molecule has 0 bridgehead atoms. The summed E-state index contributed by atoms with van der Waals surface area (Å²) in [6.07, 6.45) is 1.64. The summed E-state index contributed by atoms with van der Waals surface area (Å²) in [5.74, 6) is 6.70. The van der Waals surface area contributed by atoms with Gasteiger partial charge < -0.3 is 9.73 Å². The van der Waals surface area contributed by atoms with E-state index in [1.807, 2.05) is 26.0 Å². The van der Waals surface area contributed by atoms with Gasteiger partial charge in [0.2, 0.25) is 5.96 Å². The van der Waals surface area contributed by atoms with Gasteiger partial charge in [0.05, 0.1) is 12.3 Å². The summed E-state index contributed by atoms with van der Waals surface area (Å²) in [7, 11) is 0. The zero-order valence-electron chi connectivity index (χ0n) is 8.45. The third kappa shape index (κ3) is 2.77. The second kappa shape index (κ2) is 5.29. The number of hydrogen-bond acceptors (Lipinski definition) is 3. The zero-order valence-corrected chi connectivity index (χ0v) is 8.45. The zero-order chi connectivity index (χ0) is 10.4. The van der Waals surface area contributed by atoms with E-state index in [1.165, 1.54) is 0 Å². The van der Waals surface area contributed by atoms with E-state index in [4.69, 9.17) is 10.3 Å². The average molecular weight is 196 g/mol. The van der Waals surface area contributed by atoms with E-state index in [1.54, 1.807) is 6.26 Å². The second-order valence-corrected chi connectivity index (χ2v) is 2.85. The number of nitrogens with one attached hydrogen (secondary N) is 2. The number of guanidine groups is 1. The molecular formula is C9H16N4O. The highest BCUT2D eigenvalue weighted by Crippen LogP contribution is 2.11. The van der Waals surface area contributed by atoms with Gasteiger partial charge in [-0.25, -0.2) is 5.84 Å². The maximum absolute atomic E-state index is 5.29. The van der Waals surface area contributed by atoms with Crippen molar-refractivity contribution in [1.29, 1.82) is 0 Å². The molecule has 78 valence electrons. The first-order valence-electron chi connectivity index (χ1n) is 4.59. The molecule has 0 aliphatic carbocycles. The summed E-state index contributed by atoms with van der Waals surface area (Å²) in [4.78, 5) is 4.12. The molecule has 0 saturated carbocycles. The van der Waals surface area contributed by atoms with E-state index < -0.39 is 0 Å².